The van der Waals surface area contributed by atoms with Gasteiger partial charge in [0.25, 0.3) is 0 Å². The van der Waals surface area contributed by atoms with Gasteiger partial charge in [0.1, 0.15) is 0 Å². The van der Waals surface area contributed by atoms with Crippen molar-refractivity contribution in [3.8, 4) is 0 Å². The maximum absolute atomic E-state index is 10.5. The largest absolute Gasteiger partial charge is 0.481 e. The zero-order valence-corrected chi connectivity index (χ0v) is 14.2. The zero-order chi connectivity index (χ0) is 15.9. The normalized spacial score (nSPS) is 28.8. The molecule has 2 rings (SSSR count). The number of carboxylic acids is 1. The molecule has 2 atom stereocenters. The second kappa shape index (κ2) is 8.85. The van der Waals surface area contributed by atoms with Crippen LogP contribution in [0.5, 0.6) is 0 Å². The van der Waals surface area contributed by atoms with E-state index in [4.69, 9.17) is 9.84 Å². The monoisotopic (exact) mass is 312 g/mol. The lowest BCUT2D eigenvalue weighted by Gasteiger charge is -2.39. The lowest BCUT2D eigenvalue weighted by molar-refractivity contribution is -0.137. The van der Waals surface area contributed by atoms with Gasteiger partial charge in [-0.15, -0.1) is 0 Å². The highest BCUT2D eigenvalue weighted by Crippen LogP contribution is 2.21. The summed E-state index contributed by atoms with van der Waals surface area (Å²) in [5.41, 5.74) is 0. The molecule has 2 aliphatic heterocycles. The quantitative estimate of drug-likeness (QED) is 0.729. The number of hydrogen-bond donors (Lipinski definition) is 1. The van der Waals surface area contributed by atoms with Crippen LogP contribution in [0, 0.1) is 5.92 Å². The van der Waals surface area contributed by atoms with Gasteiger partial charge < -0.3 is 14.7 Å². The molecule has 2 aliphatic rings. The molecule has 2 unspecified atom stereocenters. The number of nitrogens with zero attached hydrogens (tertiary/aromatic N) is 2. The molecule has 5 heteroatoms. The van der Waals surface area contributed by atoms with Gasteiger partial charge in [-0.2, -0.15) is 0 Å². The van der Waals surface area contributed by atoms with Gasteiger partial charge in [-0.05, 0) is 65.1 Å². The van der Waals surface area contributed by atoms with Gasteiger partial charge in [-0.1, -0.05) is 0 Å². The summed E-state index contributed by atoms with van der Waals surface area (Å²) in [7, 11) is 0. The fourth-order valence-electron chi connectivity index (χ4n) is 3.80. The molecule has 0 aliphatic carbocycles. The molecule has 2 heterocycles. The fourth-order valence-corrected chi connectivity index (χ4v) is 3.80. The minimum absolute atomic E-state index is 0.309. The van der Waals surface area contributed by atoms with Gasteiger partial charge in [0.15, 0.2) is 0 Å². The Bertz CT molecular complexity index is 333. The molecule has 0 amide bonds. The Morgan fingerprint density at radius 2 is 1.73 bits per heavy atom. The Kier molecular flexibility index (Phi) is 7.12. The van der Waals surface area contributed by atoms with Crippen LogP contribution in [-0.2, 0) is 9.53 Å². The van der Waals surface area contributed by atoms with Crippen LogP contribution in [0.3, 0.4) is 0 Å². The minimum atomic E-state index is -0.673. The first-order valence-electron chi connectivity index (χ1n) is 8.85. The van der Waals surface area contributed by atoms with E-state index in [9.17, 15) is 4.79 Å². The number of morpholine rings is 1. The van der Waals surface area contributed by atoms with E-state index < -0.39 is 5.97 Å². The topological polar surface area (TPSA) is 53.0 Å². The van der Waals surface area contributed by atoms with Crippen molar-refractivity contribution in [1.82, 2.24) is 9.80 Å². The maximum atomic E-state index is 10.5. The molecule has 0 aromatic rings. The summed E-state index contributed by atoms with van der Waals surface area (Å²) in [6.07, 6.45) is 5.40. The molecule has 0 saturated carbocycles. The Hall–Kier alpha value is -0.650. The van der Waals surface area contributed by atoms with Crippen molar-refractivity contribution in [3.05, 3.63) is 0 Å². The highest BCUT2D eigenvalue weighted by Gasteiger charge is 2.26. The van der Waals surface area contributed by atoms with Crippen LogP contribution in [0.2, 0.25) is 0 Å². The van der Waals surface area contributed by atoms with Gasteiger partial charge in [0.05, 0.1) is 12.2 Å². The van der Waals surface area contributed by atoms with Crippen molar-refractivity contribution < 1.29 is 14.6 Å². The van der Waals surface area contributed by atoms with E-state index in [1.54, 1.807) is 0 Å². The second-order valence-corrected chi connectivity index (χ2v) is 7.11. The van der Waals surface area contributed by atoms with E-state index in [0.717, 1.165) is 38.4 Å². The Morgan fingerprint density at radius 3 is 2.32 bits per heavy atom. The maximum Gasteiger partial charge on any atom is 0.303 e. The molecule has 0 aromatic carbocycles. The van der Waals surface area contributed by atoms with E-state index in [0.29, 0.717) is 18.6 Å². The highest BCUT2D eigenvalue weighted by atomic mass is 16.5. The molecule has 5 nitrogen and oxygen atoms in total. The first kappa shape index (κ1) is 17.7. The summed E-state index contributed by atoms with van der Waals surface area (Å²) < 4.78 is 5.80. The van der Waals surface area contributed by atoms with Crippen molar-refractivity contribution in [2.75, 3.05) is 39.3 Å². The number of likely N-dealkylation sites (tertiary alicyclic amines) is 1. The average molecular weight is 312 g/mol. The van der Waals surface area contributed by atoms with Crippen LogP contribution in [0.1, 0.15) is 46.0 Å². The molecule has 2 fully saturated rings. The predicted molar refractivity (Wildman–Crippen MR) is 87.1 cm³/mol. The third kappa shape index (κ3) is 6.23. The highest BCUT2D eigenvalue weighted by molar-refractivity contribution is 5.66. The summed E-state index contributed by atoms with van der Waals surface area (Å²) >= 11 is 0. The SMILES string of the molecule is CC1CN(CC2CCN(CCCCC(=O)O)CC2)CC(C)O1. The molecule has 0 spiro atoms. The van der Waals surface area contributed by atoms with E-state index >= 15 is 0 Å². The van der Waals surface area contributed by atoms with Crippen LogP contribution in [0.15, 0.2) is 0 Å². The number of hydrogen-bond acceptors (Lipinski definition) is 4. The molecule has 0 radical (unpaired) electrons. The van der Waals surface area contributed by atoms with Crippen LogP contribution < -0.4 is 0 Å². The van der Waals surface area contributed by atoms with Crippen molar-refractivity contribution in [1.29, 1.82) is 0 Å². The number of carbonyl (C=O) groups is 1. The van der Waals surface area contributed by atoms with Gasteiger partial charge in [0, 0.05) is 26.1 Å². The van der Waals surface area contributed by atoms with E-state index in [1.807, 2.05) is 0 Å². The molecule has 22 heavy (non-hydrogen) atoms. The third-order valence-electron chi connectivity index (χ3n) is 4.83. The summed E-state index contributed by atoms with van der Waals surface area (Å²) in [4.78, 5) is 15.6. The van der Waals surface area contributed by atoms with Crippen molar-refractivity contribution >= 4 is 5.97 Å². The lowest BCUT2D eigenvalue weighted by Crippen LogP contribution is -2.48. The summed E-state index contributed by atoms with van der Waals surface area (Å²) in [6, 6.07) is 0. The summed E-state index contributed by atoms with van der Waals surface area (Å²) in [5, 5.41) is 8.65. The first-order valence-corrected chi connectivity index (χ1v) is 8.85. The zero-order valence-electron chi connectivity index (χ0n) is 14.2. The van der Waals surface area contributed by atoms with Crippen LogP contribution in [0.4, 0.5) is 0 Å². The third-order valence-corrected chi connectivity index (χ3v) is 4.83. The smallest absolute Gasteiger partial charge is 0.303 e. The molecular weight excluding hydrogens is 280 g/mol. The van der Waals surface area contributed by atoms with Gasteiger partial charge in [-0.25, -0.2) is 0 Å². The molecule has 2 saturated heterocycles. The molecular formula is C17H32N2O3. The number of unbranched alkanes of at least 4 members (excludes halogenated alkanes) is 1. The Labute approximate surface area is 134 Å². The standard InChI is InChI=1S/C17H32N2O3/c1-14-11-19(12-15(2)22-14)13-16-6-9-18(10-7-16)8-4-3-5-17(20)21/h14-16H,3-13H2,1-2H3,(H,20,21). The van der Waals surface area contributed by atoms with E-state index in [1.165, 1.54) is 32.5 Å². The van der Waals surface area contributed by atoms with Crippen LogP contribution >= 0.6 is 0 Å². The van der Waals surface area contributed by atoms with Crippen LogP contribution in [-0.4, -0.2) is 72.4 Å². The van der Waals surface area contributed by atoms with E-state index in [2.05, 4.69) is 23.6 Å². The molecule has 1 N–H and O–H groups in total. The van der Waals surface area contributed by atoms with Crippen molar-refractivity contribution in [2.24, 2.45) is 5.92 Å². The first-order chi connectivity index (χ1) is 10.5. The average Bonchev–Trinajstić information content (AvgIpc) is 2.44. The van der Waals surface area contributed by atoms with Crippen molar-refractivity contribution in [2.45, 2.75) is 58.2 Å². The van der Waals surface area contributed by atoms with Gasteiger partial charge >= 0.3 is 5.97 Å². The molecule has 0 aromatic heterocycles. The number of ether oxygens (including phenoxy) is 1. The number of rotatable bonds is 7. The van der Waals surface area contributed by atoms with Gasteiger partial charge in [0.2, 0.25) is 0 Å². The van der Waals surface area contributed by atoms with E-state index in [-0.39, 0.29) is 0 Å². The van der Waals surface area contributed by atoms with Gasteiger partial charge in [-0.3, -0.25) is 9.69 Å². The molecule has 0 bridgehead atoms. The minimum Gasteiger partial charge on any atom is -0.481 e. The second-order valence-electron chi connectivity index (χ2n) is 7.11. The fraction of sp³-hybridized carbons (Fsp3) is 0.941. The molecule has 128 valence electrons. The number of aliphatic carboxylic acids is 1. The van der Waals surface area contributed by atoms with Crippen molar-refractivity contribution in [3.63, 3.8) is 0 Å². The Balaban J connectivity index is 1.59. The van der Waals surface area contributed by atoms with Crippen LogP contribution in [0.25, 0.3) is 0 Å². The lowest BCUT2D eigenvalue weighted by atomic mass is 9.95. The number of piperidine rings is 1. The number of carboxylic acid groups (broad SMARTS) is 1. The predicted octanol–water partition coefficient (Wildman–Crippen LogP) is 2.06. The summed E-state index contributed by atoms with van der Waals surface area (Å²) in [6.45, 7) is 11.1. The summed E-state index contributed by atoms with van der Waals surface area (Å²) in [5.74, 6) is 0.139. The Morgan fingerprint density at radius 1 is 1.09 bits per heavy atom.